The average molecular weight is 223 g/mol. The monoisotopic (exact) mass is 223 g/mol. The van der Waals surface area contributed by atoms with Crippen molar-refractivity contribution in [3.05, 3.63) is 29.3 Å². The fourth-order valence-corrected chi connectivity index (χ4v) is 1.34. The van der Waals surface area contributed by atoms with Gasteiger partial charge in [0.1, 0.15) is 5.75 Å². The largest absolute Gasteiger partial charge is 0.507 e. The van der Waals surface area contributed by atoms with Gasteiger partial charge < -0.3 is 15.1 Å². The van der Waals surface area contributed by atoms with Crippen molar-refractivity contribution >= 4 is 5.91 Å². The number of nitrogens with zero attached hydrogens (tertiary/aromatic N) is 1. The summed E-state index contributed by atoms with van der Waals surface area (Å²) < 4.78 is 0. The number of benzene rings is 1. The number of hydrogen-bond acceptors (Lipinski definition) is 3. The molecule has 1 atom stereocenters. The van der Waals surface area contributed by atoms with E-state index in [2.05, 4.69) is 0 Å². The standard InChI is InChI=1S/C12H17NO3/c1-8-4-5-10(11(15)6-8)12(16)13(3)9(2)7-14/h4-6,9,14-15H,7H2,1-3H3. The van der Waals surface area contributed by atoms with E-state index in [1.54, 1.807) is 32.2 Å². The third-order valence-electron chi connectivity index (χ3n) is 2.63. The van der Waals surface area contributed by atoms with Crippen LogP contribution >= 0.6 is 0 Å². The lowest BCUT2D eigenvalue weighted by molar-refractivity contribution is 0.0679. The topological polar surface area (TPSA) is 60.8 Å². The van der Waals surface area contributed by atoms with E-state index in [9.17, 15) is 9.90 Å². The molecule has 0 aliphatic rings. The summed E-state index contributed by atoms with van der Waals surface area (Å²) in [5.74, 6) is -0.318. The van der Waals surface area contributed by atoms with Crippen molar-refractivity contribution in [3.63, 3.8) is 0 Å². The first kappa shape index (κ1) is 12.5. The van der Waals surface area contributed by atoms with Gasteiger partial charge >= 0.3 is 0 Å². The van der Waals surface area contributed by atoms with Gasteiger partial charge in [-0.05, 0) is 31.5 Å². The zero-order valence-corrected chi connectivity index (χ0v) is 9.77. The summed E-state index contributed by atoms with van der Waals surface area (Å²) >= 11 is 0. The zero-order valence-electron chi connectivity index (χ0n) is 9.77. The first-order valence-corrected chi connectivity index (χ1v) is 5.15. The van der Waals surface area contributed by atoms with Gasteiger partial charge in [0, 0.05) is 7.05 Å². The molecule has 0 aromatic heterocycles. The second kappa shape index (κ2) is 4.99. The van der Waals surface area contributed by atoms with Crippen LogP contribution in [0.1, 0.15) is 22.8 Å². The molecule has 4 nitrogen and oxygen atoms in total. The Bertz CT molecular complexity index is 390. The predicted molar refractivity (Wildman–Crippen MR) is 61.5 cm³/mol. The minimum Gasteiger partial charge on any atom is -0.507 e. The highest BCUT2D eigenvalue weighted by atomic mass is 16.3. The van der Waals surface area contributed by atoms with E-state index in [1.807, 2.05) is 6.92 Å². The fraction of sp³-hybridized carbons (Fsp3) is 0.417. The maximum Gasteiger partial charge on any atom is 0.257 e. The zero-order chi connectivity index (χ0) is 12.3. The lowest BCUT2D eigenvalue weighted by Crippen LogP contribution is -2.37. The van der Waals surface area contributed by atoms with Crippen LogP contribution < -0.4 is 0 Å². The Kier molecular flexibility index (Phi) is 3.90. The van der Waals surface area contributed by atoms with Gasteiger partial charge in [-0.25, -0.2) is 0 Å². The number of hydrogen-bond donors (Lipinski definition) is 2. The molecule has 0 radical (unpaired) electrons. The minimum atomic E-state index is -0.293. The summed E-state index contributed by atoms with van der Waals surface area (Å²) in [4.78, 5) is 13.3. The lowest BCUT2D eigenvalue weighted by atomic mass is 10.1. The lowest BCUT2D eigenvalue weighted by Gasteiger charge is -2.23. The molecule has 16 heavy (non-hydrogen) atoms. The number of aliphatic hydroxyl groups is 1. The van der Waals surface area contributed by atoms with Crippen LogP contribution in [0.4, 0.5) is 0 Å². The number of aromatic hydroxyl groups is 1. The smallest absolute Gasteiger partial charge is 0.257 e. The minimum absolute atomic E-state index is 0.0259. The number of likely N-dealkylation sites (N-methyl/N-ethyl adjacent to an activating group) is 1. The normalized spacial score (nSPS) is 12.2. The second-order valence-electron chi connectivity index (χ2n) is 3.97. The van der Waals surface area contributed by atoms with Crippen LogP contribution in [0.5, 0.6) is 5.75 Å². The van der Waals surface area contributed by atoms with Gasteiger partial charge in [0.15, 0.2) is 0 Å². The van der Waals surface area contributed by atoms with Crippen LogP contribution in [0, 0.1) is 6.92 Å². The molecule has 1 aromatic rings. The van der Waals surface area contributed by atoms with E-state index >= 15 is 0 Å². The highest BCUT2D eigenvalue weighted by Crippen LogP contribution is 2.20. The van der Waals surface area contributed by atoms with Gasteiger partial charge in [-0.2, -0.15) is 0 Å². The van der Waals surface area contributed by atoms with Crippen LogP contribution in [-0.2, 0) is 0 Å². The summed E-state index contributed by atoms with van der Waals surface area (Å²) in [5.41, 5.74) is 1.15. The molecule has 0 saturated heterocycles. The molecule has 4 heteroatoms. The van der Waals surface area contributed by atoms with Crippen molar-refractivity contribution in [1.29, 1.82) is 0 Å². The van der Waals surface area contributed by atoms with E-state index < -0.39 is 0 Å². The van der Waals surface area contributed by atoms with E-state index in [0.29, 0.717) is 0 Å². The average Bonchev–Trinajstić information content (AvgIpc) is 2.26. The summed E-state index contributed by atoms with van der Waals surface area (Å²) in [6.45, 7) is 3.48. The number of carbonyl (C=O) groups excluding carboxylic acids is 1. The van der Waals surface area contributed by atoms with E-state index in [0.717, 1.165) is 5.56 Å². The molecule has 0 heterocycles. The number of aryl methyl sites for hydroxylation is 1. The van der Waals surface area contributed by atoms with Crippen LogP contribution in [0.15, 0.2) is 18.2 Å². The van der Waals surface area contributed by atoms with Crippen LogP contribution in [0.3, 0.4) is 0 Å². The number of phenolic OH excluding ortho intramolecular Hbond substituents is 1. The Morgan fingerprint density at radius 2 is 2.12 bits per heavy atom. The molecule has 0 spiro atoms. The Morgan fingerprint density at radius 1 is 1.50 bits per heavy atom. The molecule has 0 fully saturated rings. The fourth-order valence-electron chi connectivity index (χ4n) is 1.34. The molecule has 2 N–H and O–H groups in total. The van der Waals surface area contributed by atoms with Gasteiger partial charge in [-0.3, -0.25) is 4.79 Å². The number of phenols is 1. The Balaban J connectivity index is 2.96. The van der Waals surface area contributed by atoms with E-state index in [-0.39, 0.29) is 29.9 Å². The summed E-state index contributed by atoms with van der Waals surface area (Å²) in [7, 11) is 1.60. The highest BCUT2D eigenvalue weighted by Gasteiger charge is 2.19. The van der Waals surface area contributed by atoms with E-state index in [4.69, 9.17) is 5.11 Å². The number of amides is 1. The molecular weight excluding hydrogens is 206 g/mol. The first-order valence-electron chi connectivity index (χ1n) is 5.15. The summed E-state index contributed by atoms with van der Waals surface area (Å²) in [6.07, 6.45) is 0. The number of rotatable bonds is 3. The maximum atomic E-state index is 11.9. The van der Waals surface area contributed by atoms with Crippen LogP contribution in [0.25, 0.3) is 0 Å². The Hall–Kier alpha value is -1.55. The van der Waals surface area contributed by atoms with Crippen molar-refractivity contribution in [1.82, 2.24) is 4.90 Å². The van der Waals surface area contributed by atoms with Crippen molar-refractivity contribution in [2.45, 2.75) is 19.9 Å². The molecule has 1 aromatic carbocycles. The van der Waals surface area contributed by atoms with Crippen molar-refractivity contribution in [2.24, 2.45) is 0 Å². The molecular formula is C12H17NO3. The molecule has 0 aliphatic carbocycles. The SMILES string of the molecule is Cc1ccc(C(=O)N(C)C(C)CO)c(O)c1. The highest BCUT2D eigenvalue weighted by molar-refractivity contribution is 5.96. The van der Waals surface area contributed by atoms with Gasteiger partial charge in [-0.1, -0.05) is 6.07 Å². The Labute approximate surface area is 95.1 Å². The van der Waals surface area contributed by atoms with Crippen molar-refractivity contribution < 1.29 is 15.0 Å². The van der Waals surface area contributed by atoms with Crippen LogP contribution in [0.2, 0.25) is 0 Å². The summed E-state index contributed by atoms with van der Waals surface area (Å²) in [6, 6.07) is 4.64. The molecule has 88 valence electrons. The third kappa shape index (κ3) is 2.52. The number of carbonyl (C=O) groups is 1. The molecule has 0 saturated carbocycles. The van der Waals surface area contributed by atoms with Crippen molar-refractivity contribution in [3.8, 4) is 5.75 Å². The molecule has 0 aliphatic heterocycles. The third-order valence-corrected chi connectivity index (χ3v) is 2.63. The number of aliphatic hydroxyl groups excluding tert-OH is 1. The molecule has 1 amide bonds. The second-order valence-corrected chi connectivity index (χ2v) is 3.97. The molecule has 0 bridgehead atoms. The summed E-state index contributed by atoms with van der Waals surface area (Å²) in [5, 5.41) is 18.6. The Morgan fingerprint density at radius 3 is 2.62 bits per heavy atom. The van der Waals surface area contributed by atoms with Gasteiger partial charge in [0.2, 0.25) is 0 Å². The van der Waals surface area contributed by atoms with E-state index in [1.165, 1.54) is 4.90 Å². The van der Waals surface area contributed by atoms with Crippen molar-refractivity contribution in [2.75, 3.05) is 13.7 Å². The van der Waals surface area contributed by atoms with Gasteiger partial charge in [0.05, 0.1) is 18.2 Å². The van der Waals surface area contributed by atoms with Gasteiger partial charge in [0.25, 0.3) is 5.91 Å². The predicted octanol–water partition coefficient (Wildman–Crippen LogP) is 1.15. The molecule has 1 unspecified atom stereocenters. The quantitative estimate of drug-likeness (QED) is 0.808. The van der Waals surface area contributed by atoms with Crippen LogP contribution in [-0.4, -0.2) is 40.7 Å². The maximum absolute atomic E-state index is 11.9. The molecule has 1 rings (SSSR count). The van der Waals surface area contributed by atoms with Gasteiger partial charge in [-0.15, -0.1) is 0 Å². The first-order chi connectivity index (χ1) is 7.47.